The number of carbonyl (C=O) groups is 1. The van der Waals surface area contributed by atoms with Crippen LogP contribution in [0.25, 0.3) is 0 Å². The van der Waals surface area contributed by atoms with Crippen LogP contribution in [0.5, 0.6) is 0 Å². The Labute approximate surface area is 110 Å². The summed E-state index contributed by atoms with van der Waals surface area (Å²) in [6.45, 7) is 7.72. The van der Waals surface area contributed by atoms with Crippen LogP contribution in [0.15, 0.2) is 30.3 Å². The lowest BCUT2D eigenvalue weighted by molar-refractivity contribution is -0.122. The Morgan fingerprint density at radius 1 is 1.22 bits per heavy atom. The highest BCUT2D eigenvalue weighted by atomic mass is 16.1. The molecule has 0 aliphatic heterocycles. The van der Waals surface area contributed by atoms with Gasteiger partial charge >= 0.3 is 0 Å². The van der Waals surface area contributed by atoms with Gasteiger partial charge in [-0.15, -0.1) is 0 Å². The average Bonchev–Trinajstić information content (AvgIpc) is 2.27. The molecular weight excluding hydrogens is 224 g/mol. The number of amides is 1. The number of hydrogen-bond acceptors (Lipinski definition) is 2. The van der Waals surface area contributed by atoms with Gasteiger partial charge in [0, 0.05) is 32.2 Å². The summed E-state index contributed by atoms with van der Waals surface area (Å²) in [5, 5.41) is 2.96. The molecule has 18 heavy (non-hydrogen) atoms. The highest BCUT2D eigenvalue weighted by molar-refractivity contribution is 5.76. The Hall–Kier alpha value is -1.51. The quantitative estimate of drug-likeness (QED) is 0.869. The minimum atomic E-state index is 0.0510. The summed E-state index contributed by atoms with van der Waals surface area (Å²) in [5.41, 5.74) is 1.22. The third-order valence-electron chi connectivity index (χ3n) is 2.66. The second kappa shape index (κ2) is 6.43. The van der Waals surface area contributed by atoms with E-state index < -0.39 is 0 Å². The molecular formula is C15H24N2O. The maximum atomic E-state index is 11.6. The molecule has 1 N–H and O–H groups in total. The third-order valence-corrected chi connectivity index (χ3v) is 2.66. The van der Waals surface area contributed by atoms with Crippen molar-refractivity contribution in [3.63, 3.8) is 0 Å². The van der Waals surface area contributed by atoms with E-state index in [-0.39, 0.29) is 11.3 Å². The zero-order valence-electron chi connectivity index (χ0n) is 11.9. The van der Waals surface area contributed by atoms with Crippen LogP contribution in [-0.4, -0.2) is 26.0 Å². The van der Waals surface area contributed by atoms with Crippen molar-refractivity contribution in [3.05, 3.63) is 30.3 Å². The van der Waals surface area contributed by atoms with E-state index in [1.165, 1.54) is 5.69 Å². The van der Waals surface area contributed by atoms with E-state index >= 15 is 0 Å². The summed E-state index contributed by atoms with van der Waals surface area (Å²) < 4.78 is 0. The van der Waals surface area contributed by atoms with E-state index in [1.807, 2.05) is 25.2 Å². The summed E-state index contributed by atoms with van der Waals surface area (Å²) in [5.74, 6) is 0.129. The molecule has 1 aromatic carbocycles. The molecule has 0 aliphatic carbocycles. The van der Waals surface area contributed by atoms with Crippen molar-refractivity contribution in [2.45, 2.75) is 27.2 Å². The second-order valence-electron chi connectivity index (χ2n) is 5.84. The lowest BCUT2D eigenvalue weighted by atomic mass is 9.92. The first-order chi connectivity index (χ1) is 8.38. The van der Waals surface area contributed by atoms with Gasteiger partial charge in [-0.2, -0.15) is 0 Å². The number of anilines is 1. The molecule has 1 rings (SSSR count). The van der Waals surface area contributed by atoms with Gasteiger partial charge in [0.2, 0.25) is 5.91 Å². The molecule has 0 atom stereocenters. The third kappa shape index (κ3) is 5.71. The summed E-state index contributed by atoms with van der Waals surface area (Å²) in [4.78, 5) is 13.8. The van der Waals surface area contributed by atoms with Crippen molar-refractivity contribution in [2.75, 3.05) is 25.0 Å². The van der Waals surface area contributed by atoms with Gasteiger partial charge in [-0.25, -0.2) is 0 Å². The van der Waals surface area contributed by atoms with E-state index in [2.05, 4.69) is 43.1 Å². The Kier molecular flexibility index (Phi) is 5.20. The molecule has 3 heteroatoms. The molecule has 0 saturated heterocycles. The lowest BCUT2D eigenvalue weighted by Gasteiger charge is -2.21. The number of nitrogens with zero attached hydrogens (tertiary/aromatic N) is 1. The second-order valence-corrected chi connectivity index (χ2v) is 5.84. The SMILES string of the molecule is CN(CCNC(=O)CC(C)(C)C)c1ccccc1. The van der Waals surface area contributed by atoms with E-state index in [9.17, 15) is 4.79 Å². The van der Waals surface area contributed by atoms with Crippen molar-refractivity contribution in [3.8, 4) is 0 Å². The molecule has 3 nitrogen and oxygen atoms in total. The van der Waals surface area contributed by atoms with Crippen LogP contribution >= 0.6 is 0 Å². The van der Waals surface area contributed by atoms with E-state index in [0.717, 1.165) is 6.54 Å². The highest BCUT2D eigenvalue weighted by Gasteiger charge is 2.15. The molecule has 0 unspecified atom stereocenters. The molecule has 0 fully saturated rings. The Morgan fingerprint density at radius 2 is 1.83 bits per heavy atom. The van der Waals surface area contributed by atoms with Gasteiger partial charge in [0.25, 0.3) is 0 Å². The standard InChI is InChI=1S/C15H24N2O/c1-15(2,3)12-14(18)16-10-11-17(4)13-8-6-5-7-9-13/h5-9H,10-12H2,1-4H3,(H,16,18). The first-order valence-electron chi connectivity index (χ1n) is 6.41. The molecule has 0 aromatic heterocycles. The van der Waals surface area contributed by atoms with Crippen molar-refractivity contribution in [2.24, 2.45) is 5.41 Å². The van der Waals surface area contributed by atoms with Gasteiger partial charge < -0.3 is 10.2 Å². The average molecular weight is 248 g/mol. The monoisotopic (exact) mass is 248 g/mol. The Bertz CT molecular complexity index is 368. The van der Waals surface area contributed by atoms with E-state index in [4.69, 9.17) is 0 Å². The fourth-order valence-corrected chi connectivity index (χ4v) is 1.72. The first kappa shape index (κ1) is 14.6. The van der Waals surface area contributed by atoms with Gasteiger partial charge in [-0.05, 0) is 17.5 Å². The Balaban J connectivity index is 2.28. The molecule has 1 aromatic rings. The maximum absolute atomic E-state index is 11.6. The first-order valence-corrected chi connectivity index (χ1v) is 6.41. The fourth-order valence-electron chi connectivity index (χ4n) is 1.72. The Morgan fingerprint density at radius 3 is 2.39 bits per heavy atom. The predicted octanol–water partition coefficient (Wildman–Crippen LogP) is 2.68. The largest absolute Gasteiger partial charge is 0.373 e. The molecule has 0 heterocycles. The van der Waals surface area contributed by atoms with Gasteiger partial charge in [0.15, 0.2) is 0 Å². The smallest absolute Gasteiger partial charge is 0.220 e. The van der Waals surface area contributed by atoms with Gasteiger partial charge in [0.05, 0.1) is 0 Å². The van der Waals surface area contributed by atoms with Crippen molar-refractivity contribution in [1.29, 1.82) is 0 Å². The summed E-state index contributed by atoms with van der Waals surface area (Å²) >= 11 is 0. The molecule has 0 spiro atoms. The zero-order chi connectivity index (χ0) is 13.6. The highest BCUT2D eigenvalue weighted by Crippen LogP contribution is 2.17. The number of rotatable bonds is 5. The van der Waals surface area contributed by atoms with Crippen LogP contribution in [-0.2, 0) is 4.79 Å². The molecule has 1 amide bonds. The van der Waals surface area contributed by atoms with Crippen LogP contribution in [0.4, 0.5) is 5.69 Å². The number of para-hydroxylation sites is 1. The summed E-state index contributed by atoms with van der Waals surface area (Å²) in [6, 6.07) is 10.2. The van der Waals surface area contributed by atoms with Crippen LogP contribution in [0.2, 0.25) is 0 Å². The fraction of sp³-hybridized carbons (Fsp3) is 0.533. The van der Waals surface area contributed by atoms with Gasteiger partial charge in [-0.3, -0.25) is 4.79 Å². The number of carbonyl (C=O) groups excluding carboxylic acids is 1. The van der Waals surface area contributed by atoms with Gasteiger partial charge in [0.1, 0.15) is 0 Å². The normalized spacial score (nSPS) is 11.1. The lowest BCUT2D eigenvalue weighted by Crippen LogP contribution is -2.34. The zero-order valence-corrected chi connectivity index (χ0v) is 11.9. The number of hydrogen-bond donors (Lipinski definition) is 1. The van der Waals surface area contributed by atoms with Crippen molar-refractivity contribution < 1.29 is 4.79 Å². The summed E-state index contributed by atoms with van der Waals surface area (Å²) in [6.07, 6.45) is 0.571. The molecule has 0 aliphatic rings. The summed E-state index contributed by atoms with van der Waals surface area (Å²) in [7, 11) is 2.03. The van der Waals surface area contributed by atoms with Crippen LogP contribution < -0.4 is 10.2 Å². The minimum absolute atomic E-state index is 0.0510. The minimum Gasteiger partial charge on any atom is -0.373 e. The van der Waals surface area contributed by atoms with Crippen LogP contribution in [0, 0.1) is 5.41 Å². The predicted molar refractivity (Wildman–Crippen MR) is 76.8 cm³/mol. The van der Waals surface area contributed by atoms with Crippen molar-refractivity contribution >= 4 is 11.6 Å². The van der Waals surface area contributed by atoms with E-state index in [1.54, 1.807) is 0 Å². The topological polar surface area (TPSA) is 32.3 Å². The number of benzene rings is 1. The van der Waals surface area contributed by atoms with E-state index in [0.29, 0.717) is 13.0 Å². The maximum Gasteiger partial charge on any atom is 0.220 e. The molecule has 0 bridgehead atoms. The molecule has 100 valence electrons. The van der Waals surface area contributed by atoms with Gasteiger partial charge in [-0.1, -0.05) is 39.0 Å². The molecule has 0 radical (unpaired) electrons. The van der Waals surface area contributed by atoms with Crippen LogP contribution in [0.3, 0.4) is 0 Å². The number of likely N-dealkylation sites (N-methyl/N-ethyl adjacent to an activating group) is 1. The molecule has 0 saturated carbocycles. The van der Waals surface area contributed by atoms with Crippen LogP contribution in [0.1, 0.15) is 27.2 Å². The van der Waals surface area contributed by atoms with Crippen molar-refractivity contribution in [1.82, 2.24) is 5.32 Å². The number of nitrogens with one attached hydrogen (secondary N) is 1.